The third kappa shape index (κ3) is 3.66. The van der Waals surface area contributed by atoms with E-state index in [4.69, 9.17) is 9.47 Å². The maximum atomic E-state index is 13.1. The minimum atomic E-state index is -0.801. The standard InChI is InChI=1S/C23H20N2O5S/c1-29-16-8-3-9-17(30-2)18(16)21(26)19-20(14-6-4-10-24-12-14)25(23(28)22(19)27)13-15-7-5-11-31-15/h3-12,20,26H,13H2,1-2H3/b21-19+. The monoisotopic (exact) mass is 436 g/mol. The SMILES string of the molecule is COc1cccc(OC)c1/C(O)=C1\C(=O)C(=O)N(Cc2cccs2)C1c1cccnc1. The van der Waals surface area contributed by atoms with E-state index in [1.54, 1.807) is 42.7 Å². The smallest absolute Gasteiger partial charge is 0.295 e. The molecule has 1 atom stereocenters. The summed E-state index contributed by atoms with van der Waals surface area (Å²) in [5.74, 6) is -1.15. The number of nitrogens with zero attached hydrogens (tertiary/aromatic N) is 2. The molecule has 1 fully saturated rings. The minimum Gasteiger partial charge on any atom is -0.506 e. The van der Waals surface area contributed by atoms with Gasteiger partial charge in [-0.15, -0.1) is 11.3 Å². The highest BCUT2D eigenvalue weighted by atomic mass is 32.1. The van der Waals surface area contributed by atoms with E-state index in [-0.39, 0.29) is 23.4 Å². The molecule has 4 rings (SSSR count). The average molecular weight is 436 g/mol. The molecule has 0 saturated carbocycles. The zero-order valence-electron chi connectivity index (χ0n) is 16.9. The second-order valence-corrected chi connectivity index (χ2v) is 7.86. The summed E-state index contributed by atoms with van der Waals surface area (Å²) in [4.78, 5) is 32.7. The molecule has 31 heavy (non-hydrogen) atoms. The number of aliphatic hydroxyl groups is 1. The van der Waals surface area contributed by atoms with Gasteiger partial charge in [-0.2, -0.15) is 0 Å². The summed E-state index contributed by atoms with van der Waals surface area (Å²) in [7, 11) is 2.92. The molecule has 0 aliphatic carbocycles. The van der Waals surface area contributed by atoms with Gasteiger partial charge in [0.25, 0.3) is 11.7 Å². The molecule has 158 valence electrons. The fraction of sp³-hybridized carbons (Fsp3) is 0.174. The molecule has 1 aromatic carbocycles. The molecule has 0 bridgehead atoms. The zero-order valence-corrected chi connectivity index (χ0v) is 17.8. The molecule has 3 aromatic rings. The Balaban J connectivity index is 1.93. The molecule has 0 spiro atoms. The lowest BCUT2D eigenvalue weighted by Gasteiger charge is -2.25. The van der Waals surface area contributed by atoms with Crippen LogP contribution in [0, 0.1) is 0 Å². The lowest BCUT2D eigenvalue weighted by molar-refractivity contribution is -0.140. The Morgan fingerprint density at radius 2 is 1.84 bits per heavy atom. The number of ether oxygens (including phenoxy) is 2. The van der Waals surface area contributed by atoms with Crippen LogP contribution in [-0.4, -0.2) is 40.9 Å². The predicted octanol–water partition coefficient (Wildman–Crippen LogP) is 3.78. The van der Waals surface area contributed by atoms with Crippen LogP contribution >= 0.6 is 11.3 Å². The predicted molar refractivity (Wildman–Crippen MR) is 116 cm³/mol. The first kappa shape index (κ1) is 20.6. The summed E-state index contributed by atoms with van der Waals surface area (Å²) in [5, 5.41) is 13.2. The number of ketones is 1. The van der Waals surface area contributed by atoms with Crippen molar-refractivity contribution >= 4 is 28.8 Å². The molecule has 1 amide bonds. The molecule has 1 aliphatic heterocycles. The first-order valence-corrected chi connectivity index (χ1v) is 10.4. The van der Waals surface area contributed by atoms with Crippen LogP contribution in [0.5, 0.6) is 11.5 Å². The van der Waals surface area contributed by atoms with E-state index in [0.29, 0.717) is 17.1 Å². The number of likely N-dealkylation sites (tertiary alicyclic amines) is 1. The van der Waals surface area contributed by atoms with E-state index in [2.05, 4.69) is 4.98 Å². The van der Waals surface area contributed by atoms with Crippen LogP contribution in [0.2, 0.25) is 0 Å². The van der Waals surface area contributed by atoms with Crippen molar-refractivity contribution in [1.82, 2.24) is 9.88 Å². The number of hydrogen-bond acceptors (Lipinski definition) is 7. The summed E-state index contributed by atoms with van der Waals surface area (Å²) < 4.78 is 10.8. The molecule has 1 saturated heterocycles. The fourth-order valence-corrected chi connectivity index (χ4v) is 4.42. The highest BCUT2D eigenvalue weighted by Gasteiger charge is 2.46. The number of amides is 1. The van der Waals surface area contributed by atoms with Gasteiger partial charge in [0, 0.05) is 17.3 Å². The van der Waals surface area contributed by atoms with Crippen LogP contribution in [0.1, 0.15) is 22.0 Å². The Hall–Kier alpha value is -3.65. The number of Topliss-reactive ketones (excluding diaryl/α,β-unsaturated/α-hetero) is 1. The number of aliphatic hydroxyl groups excluding tert-OH is 1. The van der Waals surface area contributed by atoms with Gasteiger partial charge in [-0.3, -0.25) is 14.6 Å². The van der Waals surface area contributed by atoms with E-state index in [1.807, 2.05) is 17.5 Å². The molecule has 0 radical (unpaired) electrons. The van der Waals surface area contributed by atoms with E-state index in [1.165, 1.54) is 30.5 Å². The number of hydrogen-bond donors (Lipinski definition) is 1. The number of rotatable bonds is 6. The second-order valence-electron chi connectivity index (χ2n) is 6.83. The van der Waals surface area contributed by atoms with Crippen molar-refractivity contribution in [2.45, 2.75) is 12.6 Å². The first-order chi connectivity index (χ1) is 15.1. The van der Waals surface area contributed by atoms with Crippen molar-refractivity contribution < 1.29 is 24.2 Å². The van der Waals surface area contributed by atoms with Gasteiger partial charge in [0.15, 0.2) is 0 Å². The third-order valence-electron chi connectivity index (χ3n) is 5.11. The number of pyridine rings is 1. The summed E-state index contributed by atoms with van der Waals surface area (Å²) >= 11 is 1.49. The molecule has 7 nitrogen and oxygen atoms in total. The summed E-state index contributed by atoms with van der Waals surface area (Å²) in [6, 6.07) is 11.5. The van der Waals surface area contributed by atoms with E-state index in [9.17, 15) is 14.7 Å². The van der Waals surface area contributed by atoms with Crippen LogP contribution in [0.3, 0.4) is 0 Å². The Labute approximate surface area is 183 Å². The summed E-state index contributed by atoms with van der Waals surface area (Å²) in [6.45, 7) is 0.238. The summed E-state index contributed by atoms with van der Waals surface area (Å²) in [5.41, 5.74) is 0.807. The Bertz CT molecular complexity index is 1120. The van der Waals surface area contributed by atoms with Crippen LogP contribution in [0.25, 0.3) is 5.76 Å². The number of benzene rings is 1. The fourth-order valence-electron chi connectivity index (χ4n) is 3.72. The Morgan fingerprint density at radius 1 is 1.10 bits per heavy atom. The Kier molecular flexibility index (Phi) is 5.73. The van der Waals surface area contributed by atoms with Crippen LogP contribution in [0.4, 0.5) is 0 Å². The van der Waals surface area contributed by atoms with Gasteiger partial charge < -0.3 is 19.5 Å². The van der Waals surface area contributed by atoms with Crippen molar-refractivity contribution in [3.05, 3.63) is 81.8 Å². The van der Waals surface area contributed by atoms with Gasteiger partial charge >= 0.3 is 0 Å². The normalized spacial score (nSPS) is 17.7. The summed E-state index contributed by atoms with van der Waals surface area (Å²) in [6.07, 6.45) is 3.20. The number of carbonyl (C=O) groups is 2. The second kappa shape index (κ2) is 8.61. The average Bonchev–Trinajstić information content (AvgIpc) is 3.41. The zero-order chi connectivity index (χ0) is 22.0. The molecule has 1 N–H and O–H groups in total. The van der Waals surface area contributed by atoms with Gasteiger partial charge in [-0.1, -0.05) is 18.2 Å². The molecule has 8 heteroatoms. The van der Waals surface area contributed by atoms with Crippen LogP contribution in [0.15, 0.2) is 65.8 Å². The van der Waals surface area contributed by atoms with Gasteiger partial charge in [0.2, 0.25) is 0 Å². The first-order valence-electron chi connectivity index (χ1n) is 9.49. The van der Waals surface area contributed by atoms with E-state index in [0.717, 1.165) is 4.88 Å². The maximum Gasteiger partial charge on any atom is 0.295 e. The molecule has 1 aliphatic rings. The van der Waals surface area contributed by atoms with Crippen molar-refractivity contribution in [3.63, 3.8) is 0 Å². The topological polar surface area (TPSA) is 89.0 Å². The van der Waals surface area contributed by atoms with E-state index >= 15 is 0 Å². The largest absolute Gasteiger partial charge is 0.506 e. The highest BCUT2D eigenvalue weighted by Crippen LogP contribution is 2.43. The lowest BCUT2D eigenvalue weighted by atomic mass is 9.95. The van der Waals surface area contributed by atoms with Gasteiger partial charge in [-0.25, -0.2) is 0 Å². The highest BCUT2D eigenvalue weighted by molar-refractivity contribution is 7.09. The minimum absolute atomic E-state index is 0.0302. The lowest BCUT2D eigenvalue weighted by Crippen LogP contribution is -2.28. The van der Waals surface area contributed by atoms with Crippen molar-refractivity contribution in [1.29, 1.82) is 0 Å². The Morgan fingerprint density at radius 3 is 2.42 bits per heavy atom. The van der Waals surface area contributed by atoms with Crippen molar-refractivity contribution in [2.24, 2.45) is 0 Å². The van der Waals surface area contributed by atoms with Gasteiger partial charge in [0.05, 0.1) is 32.4 Å². The number of methoxy groups -OCH3 is 2. The quantitative estimate of drug-likeness (QED) is 0.359. The number of carbonyl (C=O) groups excluding carboxylic acids is 2. The molecular weight excluding hydrogens is 416 g/mol. The van der Waals surface area contributed by atoms with Crippen molar-refractivity contribution in [2.75, 3.05) is 14.2 Å². The van der Waals surface area contributed by atoms with Crippen LogP contribution < -0.4 is 9.47 Å². The van der Waals surface area contributed by atoms with Crippen molar-refractivity contribution in [3.8, 4) is 11.5 Å². The molecule has 2 aromatic heterocycles. The van der Waals surface area contributed by atoms with E-state index < -0.39 is 17.7 Å². The number of thiophene rings is 1. The molecule has 3 heterocycles. The number of aromatic nitrogens is 1. The van der Waals surface area contributed by atoms with Crippen LogP contribution in [-0.2, 0) is 16.1 Å². The third-order valence-corrected chi connectivity index (χ3v) is 5.97. The van der Waals surface area contributed by atoms with Gasteiger partial charge in [0.1, 0.15) is 22.8 Å². The maximum absolute atomic E-state index is 13.1. The molecule has 1 unspecified atom stereocenters. The van der Waals surface area contributed by atoms with Gasteiger partial charge in [-0.05, 0) is 35.2 Å². The molecular formula is C23H20N2O5S.